The van der Waals surface area contributed by atoms with E-state index in [0.717, 1.165) is 0 Å². The predicted octanol–water partition coefficient (Wildman–Crippen LogP) is 1.80. The van der Waals surface area contributed by atoms with Crippen LogP contribution in [0.25, 0.3) is 5.52 Å². The van der Waals surface area contributed by atoms with Crippen LogP contribution in [0.5, 0.6) is 0 Å². The zero-order valence-electron chi connectivity index (χ0n) is 9.71. The lowest BCUT2D eigenvalue weighted by Gasteiger charge is -2.00. The molecule has 18 heavy (non-hydrogen) atoms. The molecular weight excluding hydrogens is 232 g/mol. The quantitative estimate of drug-likeness (QED) is 0.607. The van der Waals surface area contributed by atoms with Crippen LogP contribution in [0.1, 0.15) is 33.3 Å². The van der Waals surface area contributed by atoms with E-state index in [1.165, 1.54) is 4.40 Å². The number of nitrogens with zero attached hydrogens (tertiary/aromatic N) is 2. The fourth-order valence-corrected chi connectivity index (χ4v) is 1.87. The van der Waals surface area contributed by atoms with Crippen LogP contribution in [0.2, 0.25) is 0 Å². The van der Waals surface area contributed by atoms with Crippen molar-refractivity contribution in [1.29, 1.82) is 5.26 Å². The summed E-state index contributed by atoms with van der Waals surface area (Å²) < 4.78 is 6.39. The van der Waals surface area contributed by atoms with Crippen LogP contribution in [0.15, 0.2) is 24.4 Å². The fourth-order valence-electron chi connectivity index (χ4n) is 1.87. The second-order valence-corrected chi connectivity index (χ2v) is 3.54. The molecule has 0 aromatic carbocycles. The molecule has 0 bridgehead atoms. The summed E-state index contributed by atoms with van der Waals surface area (Å²) in [6.45, 7) is 1.86. The lowest BCUT2D eigenvalue weighted by atomic mass is 10.1. The highest BCUT2D eigenvalue weighted by Crippen LogP contribution is 2.22. The maximum Gasteiger partial charge on any atom is 0.341 e. The van der Waals surface area contributed by atoms with Crippen molar-refractivity contribution >= 4 is 17.8 Å². The Kier molecular flexibility index (Phi) is 3.11. The van der Waals surface area contributed by atoms with E-state index >= 15 is 0 Å². The van der Waals surface area contributed by atoms with Gasteiger partial charge in [-0.3, -0.25) is 4.79 Å². The molecule has 2 aromatic heterocycles. The third-order valence-electron chi connectivity index (χ3n) is 2.58. The van der Waals surface area contributed by atoms with Crippen LogP contribution in [-0.2, 0) is 4.74 Å². The molecule has 90 valence electrons. The van der Waals surface area contributed by atoms with Crippen LogP contribution >= 0.6 is 0 Å². The van der Waals surface area contributed by atoms with Crippen LogP contribution in [-0.4, -0.2) is 23.3 Å². The molecule has 2 rings (SSSR count). The number of hydrogen-bond donors (Lipinski definition) is 0. The van der Waals surface area contributed by atoms with Crippen molar-refractivity contribution in [2.45, 2.75) is 6.92 Å². The Bertz CT molecular complexity index is 665. The normalized spacial score (nSPS) is 10.0. The number of carbonyl (C=O) groups is 2. The summed E-state index contributed by atoms with van der Waals surface area (Å²) in [5.74, 6) is -0.653. The first-order valence-corrected chi connectivity index (χ1v) is 5.40. The molecule has 0 spiro atoms. The minimum atomic E-state index is -0.653. The summed E-state index contributed by atoms with van der Waals surface area (Å²) in [4.78, 5) is 23.0. The number of hydrogen-bond acceptors (Lipinski definition) is 4. The standard InChI is InChI=1S/C13H10N2O3/c1-2-18-13(17)12-9(7-14)10-5-3-4-6-15(10)11(12)8-16/h3-6,8H,2H2,1H3. The molecule has 5 nitrogen and oxygen atoms in total. The number of aldehydes is 1. The van der Waals surface area contributed by atoms with Crippen LogP contribution in [0, 0.1) is 11.3 Å². The first-order chi connectivity index (χ1) is 8.74. The highest BCUT2D eigenvalue weighted by molar-refractivity contribution is 6.03. The minimum Gasteiger partial charge on any atom is -0.462 e. The Morgan fingerprint density at radius 2 is 2.33 bits per heavy atom. The Balaban J connectivity index is 2.82. The van der Waals surface area contributed by atoms with Gasteiger partial charge in [0.25, 0.3) is 0 Å². The summed E-state index contributed by atoms with van der Waals surface area (Å²) in [5, 5.41) is 9.16. The third kappa shape index (κ3) is 1.64. The lowest BCUT2D eigenvalue weighted by Crippen LogP contribution is -2.08. The number of rotatable bonds is 3. The highest BCUT2D eigenvalue weighted by atomic mass is 16.5. The van der Waals surface area contributed by atoms with E-state index in [-0.39, 0.29) is 23.4 Å². The molecule has 0 fully saturated rings. The number of carbonyl (C=O) groups excluding carboxylic acids is 2. The van der Waals surface area contributed by atoms with Gasteiger partial charge in [0.1, 0.15) is 17.3 Å². The van der Waals surface area contributed by atoms with Gasteiger partial charge in [0, 0.05) is 6.20 Å². The van der Waals surface area contributed by atoms with Crippen molar-refractivity contribution in [1.82, 2.24) is 4.40 Å². The van der Waals surface area contributed by atoms with Gasteiger partial charge >= 0.3 is 5.97 Å². The average Bonchev–Trinajstić information content (AvgIpc) is 2.72. The number of fused-ring (bicyclic) bond motifs is 1. The molecule has 2 heterocycles. The van der Waals surface area contributed by atoms with Gasteiger partial charge in [-0.05, 0) is 19.1 Å². The van der Waals surface area contributed by atoms with Crippen LogP contribution < -0.4 is 0 Å². The van der Waals surface area contributed by atoms with Gasteiger partial charge in [-0.15, -0.1) is 0 Å². The van der Waals surface area contributed by atoms with Crippen molar-refractivity contribution < 1.29 is 14.3 Å². The first-order valence-electron chi connectivity index (χ1n) is 5.40. The molecular formula is C13H10N2O3. The zero-order valence-corrected chi connectivity index (χ0v) is 9.71. The van der Waals surface area contributed by atoms with Crippen molar-refractivity contribution in [2.75, 3.05) is 6.61 Å². The molecule has 0 aliphatic heterocycles. The lowest BCUT2D eigenvalue weighted by molar-refractivity contribution is 0.0524. The SMILES string of the molecule is CCOC(=O)c1c(C#N)c2ccccn2c1C=O. The number of esters is 1. The van der Waals surface area contributed by atoms with Gasteiger partial charge in [0.15, 0.2) is 6.29 Å². The maximum absolute atomic E-state index is 11.8. The second kappa shape index (κ2) is 4.72. The average molecular weight is 242 g/mol. The van der Waals surface area contributed by atoms with Gasteiger partial charge in [0.2, 0.25) is 0 Å². The smallest absolute Gasteiger partial charge is 0.341 e. The van der Waals surface area contributed by atoms with E-state index in [1.54, 1.807) is 31.3 Å². The van der Waals surface area contributed by atoms with Gasteiger partial charge < -0.3 is 9.14 Å². The fraction of sp³-hybridized carbons (Fsp3) is 0.154. The van der Waals surface area contributed by atoms with Gasteiger partial charge in [-0.25, -0.2) is 4.79 Å². The van der Waals surface area contributed by atoms with E-state index in [2.05, 4.69) is 0 Å². The van der Waals surface area contributed by atoms with E-state index in [4.69, 9.17) is 10.00 Å². The van der Waals surface area contributed by atoms with Crippen molar-refractivity contribution in [3.8, 4) is 6.07 Å². The summed E-state index contributed by atoms with van der Waals surface area (Å²) in [7, 11) is 0. The van der Waals surface area contributed by atoms with Crippen LogP contribution in [0.4, 0.5) is 0 Å². The van der Waals surface area contributed by atoms with Crippen molar-refractivity contribution in [2.24, 2.45) is 0 Å². The topological polar surface area (TPSA) is 71.6 Å². The van der Waals surface area contributed by atoms with Gasteiger partial charge in [-0.2, -0.15) is 5.26 Å². The number of nitriles is 1. The van der Waals surface area contributed by atoms with Crippen molar-refractivity contribution in [3.63, 3.8) is 0 Å². The third-order valence-corrected chi connectivity index (χ3v) is 2.58. The molecule has 0 aliphatic rings. The molecule has 0 N–H and O–H groups in total. The second-order valence-electron chi connectivity index (χ2n) is 3.54. The van der Waals surface area contributed by atoms with E-state index in [9.17, 15) is 9.59 Å². The van der Waals surface area contributed by atoms with Gasteiger partial charge in [0.05, 0.1) is 17.7 Å². The monoisotopic (exact) mass is 242 g/mol. The number of aromatic nitrogens is 1. The van der Waals surface area contributed by atoms with Crippen LogP contribution in [0.3, 0.4) is 0 Å². The molecule has 5 heteroatoms. The molecule has 0 aliphatic carbocycles. The molecule has 2 aromatic rings. The van der Waals surface area contributed by atoms with E-state index in [0.29, 0.717) is 11.8 Å². The summed E-state index contributed by atoms with van der Waals surface area (Å²) in [6.07, 6.45) is 2.18. The summed E-state index contributed by atoms with van der Waals surface area (Å²) >= 11 is 0. The largest absolute Gasteiger partial charge is 0.462 e. The Morgan fingerprint density at radius 1 is 1.56 bits per heavy atom. The molecule has 0 unspecified atom stereocenters. The maximum atomic E-state index is 11.8. The predicted molar refractivity (Wildman–Crippen MR) is 63.5 cm³/mol. The Hall–Kier alpha value is -2.61. The molecule has 0 radical (unpaired) electrons. The Labute approximate surface area is 103 Å². The summed E-state index contributed by atoms with van der Waals surface area (Å²) in [6, 6.07) is 7.08. The molecule has 0 amide bonds. The highest BCUT2D eigenvalue weighted by Gasteiger charge is 2.24. The van der Waals surface area contributed by atoms with Crippen molar-refractivity contribution in [3.05, 3.63) is 41.2 Å². The van der Waals surface area contributed by atoms with E-state index < -0.39 is 5.97 Å². The first kappa shape index (κ1) is 11.9. The zero-order chi connectivity index (χ0) is 13.1. The number of ether oxygens (including phenoxy) is 1. The summed E-state index contributed by atoms with van der Waals surface area (Å²) in [5.41, 5.74) is 0.849. The molecule has 0 atom stereocenters. The number of pyridine rings is 1. The minimum absolute atomic E-state index is 0.0283. The van der Waals surface area contributed by atoms with Gasteiger partial charge in [-0.1, -0.05) is 6.07 Å². The molecule has 0 saturated carbocycles. The Morgan fingerprint density at radius 3 is 2.94 bits per heavy atom. The molecule has 0 saturated heterocycles. The van der Waals surface area contributed by atoms with E-state index in [1.807, 2.05) is 6.07 Å².